The molecule has 1 fully saturated rings. The highest BCUT2D eigenvalue weighted by Gasteiger charge is 2.24. The Morgan fingerprint density at radius 2 is 2.00 bits per heavy atom. The van der Waals surface area contributed by atoms with Gasteiger partial charge in [-0.2, -0.15) is 0 Å². The summed E-state index contributed by atoms with van der Waals surface area (Å²) in [5.41, 5.74) is 0. The summed E-state index contributed by atoms with van der Waals surface area (Å²) in [6, 6.07) is 3.82. The Kier molecular flexibility index (Phi) is 5.41. The number of amides is 2. The monoisotopic (exact) mass is 304 g/mol. The Labute approximate surface area is 131 Å². The topological polar surface area (TPSA) is 62.6 Å². The Morgan fingerprint density at radius 3 is 2.55 bits per heavy atom. The van der Waals surface area contributed by atoms with Crippen molar-refractivity contribution < 1.29 is 14.0 Å². The lowest BCUT2D eigenvalue weighted by Crippen LogP contribution is -2.47. The zero-order chi connectivity index (χ0) is 16.1. The van der Waals surface area contributed by atoms with E-state index in [-0.39, 0.29) is 23.8 Å². The normalized spacial score (nSPS) is 16.5. The number of furan rings is 1. The SMILES string of the molecule is Cc1ccc(C=CC(=O)NC2CCN(C(=O)C(C)C)CC2)o1. The van der Waals surface area contributed by atoms with Gasteiger partial charge >= 0.3 is 0 Å². The number of carbonyl (C=O) groups is 2. The molecule has 1 aliphatic heterocycles. The van der Waals surface area contributed by atoms with E-state index in [2.05, 4.69) is 5.32 Å². The van der Waals surface area contributed by atoms with Crippen molar-refractivity contribution in [2.45, 2.75) is 39.7 Å². The molecule has 0 spiro atoms. The van der Waals surface area contributed by atoms with Gasteiger partial charge in [0.05, 0.1) is 0 Å². The third kappa shape index (κ3) is 4.48. The van der Waals surface area contributed by atoms with Crippen LogP contribution in [-0.2, 0) is 9.59 Å². The zero-order valence-electron chi connectivity index (χ0n) is 13.5. The Balaban J connectivity index is 1.77. The molecule has 2 rings (SSSR count). The van der Waals surface area contributed by atoms with Gasteiger partial charge in [0.25, 0.3) is 0 Å². The third-order valence-electron chi connectivity index (χ3n) is 3.81. The van der Waals surface area contributed by atoms with Gasteiger partial charge in [0.1, 0.15) is 11.5 Å². The molecule has 1 aromatic heterocycles. The van der Waals surface area contributed by atoms with Gasteiger partial charge in [0.15, 0.2) is 0 Å². The maximum atomic E-state index is 11.9. The fourth-order valence-electron chi connectivity index (χ4n) is 2.56. The maximum Gasteiger partial charge on any atom is 0.244 e. The second-order valence-electron chi connectivity index (χ2n) is 6.04. The molecule has 1 saturated heterocycles. The molecule has 5 heteroatoms. The van der Waals surface area contributed by atoms with Gasteiger partial charge in [-0.3, -0.25) is 9.59 Å². The summed E-state index contributed by atoms with van der Waals surface area (Å²) >= 11 is 0. The molecule has 5 nitrogen and oxygen atoms in total. The Hall–Kier alpha value is -2.04. The van der Waals surface area contributed by atoms with Crippen molar-refractivity contribution in [2.24, 2.45) is 5.92 Å². The fourth-order valence-corrected chi connectivity index (χ4v) is 2.56. The number of aryl methyl sites for hydroxylation is 1. The number of hydrogen-bond acceptors (Lipinski definition) is 3. The average Bonchev–Trinajstić information content (AvgIpc) is 2.91. The molecule has 0 radical (unpaired) electrons. The van der Waals surface area contributed by atoms with E-state index < -0.39 is 0 Å². The highest BCUT2D eigenvalue weighted by molar-refractivity contribution is 5.91. The number of hydrogen-bond donors (Lipinski definition) is 1. The number of carbonyl (C=O) groups excluding carboxylic acids is 2. The molecule has 0 saturated carbocycles. The van der Waals surface area contributed by atoms with E-state index in [1.807, 2.05) is 37.8 Å². The van der Waals surface area contributed by atoms with Crippen molar-refractivity contribution >= 4 is 17.9 Å². The summed E-state index contributed by atoms with van der Waals surface area (Å²) in [5, 5.41) is 2.98. The number of nitrogens with one attached hydrogen (secondary N) is 1. The first-order valence-electron chi connectivity index (χ1n) is 7.79. The standard InChI is InChI=1S/C17H24N2O3/c1-12(2)17(21)19-10-8-14(9-11-19)18-16(20)7-6-15-5-4-13(3)22-15/h4-7,12,14H,8-11H2,1-3H3,(H,18,20). The maximum absolute atomic E-state index is 11.9. The molecular formula is C17H24N2O3. The second-order valence-corrected chi connectivity index (χ2v) is 6.04. The molecular weight excluding hydrogens is 280 g/mol. The van der Waals surface area contributed by atoms with Gasteiger partial charge < -0.3 is 14.6 Å². The summed E-state index contributed by atoms with van der Waals surface area (Å²) in [7, 11) is 0. The van der Waals surface area contributed by atoms with Crippen LogP contribution in [0.15, 0.2) is 22.6 Å². The molecule has 0 atom stereocenters. The first-order chi connectivity index (χ1) is 10.5. The van der Waals surface area contributed by atoms with Gasteiger partial charge in [0.2, 0.25) is 11.8 Å². The van der Waals surface area contributed by atoms with Crippen molar-refractivity contribution in [1.29, 1.82) is 0 Å². The minimum Gasteiger partial charge on any atom is -0.462 e. The third-order valence-corrected chi connectivity index (χ3v) is 3.81. The lowest BCUT2D eigenvalue weighted by atomic mass is 10.0. The van der Waals surface area contributed by atoms with Crippen LogP contribution in [0.1, 0.15) is 38.2 Å². The molecule has 1 aliphatic rings. The van der Waals surface area contributed by atoms with Gasteiger partial charge in [-0.15, -0.1) is 0 Å². The van der Waals surface area contributed by atoms with Crippen LogP contribution in [0.4, 0.5) is 0 Å². The quantitative estimate of drug-likeness (QED) is 0.869. The van der Waals surface area contributed by atoms with E-state index in [9.17, 15) is 9.59 Å². The molecule has 0 aliphatic carbocycles. The number of likely N-dealkylation sites (tertiary alicyclic amines) is 1. The molecule has 2 amide bonds. The molecule has 0 unspecified atom stereocenters. The van der Waals surface area contributed by atoms with Gasteiger partial charge in [-0.25, -0.2) is 0 Å². The zero-order valence-corrected chi connectivity index (χ0v) is 13.5. The summed E-state index contributed by atoms with van der Waals surface area (Å²) in [6.45, 7) is 7.12. The van der Waals surface area contributed by atoms with Crippen LogP contribution in [0.5, 0.6) is 0 Å². The van der Waals surface area contributed by atoms with Crippen LogP contribution in [-0.4, -0.2) is 35.8 Å². The largest absolute Gasteiger partial charge is 0.462 e. The van der Waals surface area contributed by atoms with Crippen molar-refractivity contribution in [3.63, 3.8) is 0 Å². The number of piperidine rings is 1. The first kappa shape index (κ1) is 16.3. The van der Waals surface area contributed by atoms with Crippen molar-refractivity contribution in [3.05, 3.63) is 29.7 Å². The predicted molar refractivity (Wildman–Crippen MR) is 85.1 cm³/mol. The number of nitrogens with zero attached hydrogens (tertiary/aromatic N) is 1. The van der Waals surface area contributed by atoms with E-state index in [1.165, 1.54) is 6.08 Å². The van der Waals surface area contributed by atoms with Crippen molar-refractivity contribution in [2.75, 3.05) is 13.1 Å². The highest BCUT2D eigenvalue weighted by Crippen LogP contribution is 2.13. The van der Waals surface area contributed by atoms with Crippen LogP contribution >= 0.6 is 0 Å². The average molecular weight is 304 g/mol. The molecule has 22 heavy (non-hydrogen) atoms. The number of rotatable bonds is 4. The van der Waals surface area contributed by atoms with Crippen LogP contribution in [0.25, 0.3) is 6.08 Å². The first-order valence-corrected chi connectivity index (χ1v) is 7.79. The summed E-state index contributed by atoms with van der Waals surface area (Å²) in [4.78, 5) is 25.7. The lowest BCUT2D eigenvalue weighted by Gasteiger charge is -2.33. The van der Waals surface area contributed by atoms with Gasteiger partial charge in [0, 0.05) is 31.1 Å². The van der Waals surface area contributed by atoms with E-state index in [0.717, 1.165) is 18.6 Å². The molecule has 1 aromatic rings. The Bertz CT molecular complexity index is 552. The summed E-state index contributed by atoms with van der Waals surface area (Å²) in [5.74, 6) is 1.60. The molecule has 1 N–H and O–H groups in total. The van der Waals surface area contributed by atoms with Gasteiger partial charge in [-0.05, 0) is 38.0 Å². The van der Waals surface area contributed by atoms with Crippen molar-refractivity contribution in [3.8, 4) is 0 Å². The lowest BCUT2D eigenvalue weighted by molar-refractivity contribution is -0.135. The van der Waals surface area contributed by atoms with Crippen LogP contribution in [0.3, 0.4) is 0 Å². The molecule has 120 valence electrons. The minimum absolute atomic E-state index is 0.0332. The van der Waals surface area contributed by atoms with E-state index >= 15 is 0 Å². The second kappa shape index (κ2) is 7.29. The molecule has 0 aromatic carbocycles. The van der Waals surface area contributed by atoms with E-state index in [0.29, 0.717) is 18.8 Å². The fraction of sp³-hybridized carbons (Fsp3) is 0.529. The van der Waals surface area contributed by atoms with E-state index in [4.69, 9.17) is 4.42 Å². The highest BCUT2D eigenvalue weighted by atomic mass is 16.3. The van der Waals surface area contributed by atoms with E-state index in [1.54, 1.807) is 6.08 Å². The smallest absolute Gasteiger partial charge is 0.244 e. The van der Waals surface area contributed by atoms with Gasteiger partial charge in [-0.1, -0.05) is 13.8 Å². The summed E-state index contributed by atoms with van der Waals surface area (Å²) in [6.07, 6.45) is 4.76. The van der Waals surface area contributed by atoms with Crippen LogP contribution in [0, 0.1) is 12.8 Å². The van der Waals surface area contributed by atoms with Crippen molar-refractivity contribution in [1.82, 2.24) is 10.2 Å². The van der Waals surface area contributed by atoms with Crippen LogP contribution < -0.4 is 5.32 Å². The predicted octanol–water partition coefficient (Wildman–Crippen LogP) is 2.36. The summed E-state index contributed by atoms with van der Waals surface area (Å²) < 4.78 is 5.38. The van der Waals surface area contributed by atoms with Crippen LogP contribution in [0.2, 0.25) is 0 Å². The minimum atomic E-state index is -0.123. The molecule has 2 heterocycles. The Morgan fingerprint density at radius 1 is 1.32 bits per heavy atom. The molecule has 0 bridgehead atoms.